The average molecular weight is 311 g/mol. The molecule has 0 saturated carbocycles. The Bertz CT molecular complexity index is 461. The molecule has 6 heteroatoms. The van der Waals surface area contributed by atoms with Crippen LogP contribution in [-0.4, -0.2) is 47.3 Å². The molecule has 118 valence electrons. The van der Waals surface area contributed by atoms with Crippen molar-refractivity contribution in [3.05, 3.63) is 16.1 Å². The maximum atomic E-state index is 12.1. The zero-order chi connectivity index (χ0) is 15.3. The monoisotopic (exact) mass is 311 g/mol. The smallest absolute Gasteiger partial charge is 0.317 e. The number of thiazole rings is 1. The molecule has 1 aromatic rings. The highest BCUT2D eigenvalue weighted by molar-refractivity contribution is 7.11. The third-order valence-corrected chi connectivity index (χ3v) is 5.45. The lowest BCUT2D eigenvalue weighted by atomic mass is 9.77. The number of nitrogens with zero attached hydrogens (tertiary/aromatic N) is 2. The normalized spacial score (nSPS) is 17.8. The Morgan fingerprint density at radius 2 is 2.24 bits per heavy atom. The van der Waals surface area contributed by atoms with Gasteiger partial charge in [-0.3, -0.25) is 0 Å². The van der Waals surface area contributed by atoms with Crippen LogP contribution in [0.15, 0.2) is 6.20 Å². The van der Waals surface area contributed by atoms with Crippen molar-refractivity contribution >= 4 is 17.4 Å². The molecule has 1 aliphatic heterocycles. The largest absolute Gasteiger partial charge is 0.396 e. The lowest BCUT2D eigenvalue weighted by Crippen LogP contribution is -2.48. The number of hydrogen-bond donors (Lipinski definition) is 2. The molecule has 2 heterocycles. The second kappa shape index (κ2) is 7.22. The van der Waals surface area contributed by atoms with E-state index in [2.05, 4.69) is 17.2 Å². The van der Waals surface area contributed by atoms with Crippen molar-refractivity contribution in [2.24, 2.45) is 5.41 Å². The van der Waals surface area contributed by atoms with Gasteiger partial charge in [-0.05, 0) is 31.6 Å². The summed E-state index contributed by atoms with van der Waals surface area (Å²) in [5.74, 6) is 0. The number of aliphatic hydroxyl groups is 1. The summed E-state index contributed by atoms with van der Waals surface area (Å²) in [4.78, 5) is 19.5. The van der Waals surface area contributed by atoms with Crippen LogP contribution >= 0.6 is 11.3 Å². The molecule has 1 aromatic heterocycles. The lowest BCUT2D eigenvalue weighted by molar-refractivity contribution is 0.0520. The Kier molecular flexibility index (Phi) is 5.58. The molecule has 5 nitrogen and oxygen atoms in total. The van der Waals surface area contributed by atoms with Gasteiger partial charge in [0.2, 0.25) is 0 Å². The van der Waals surface area contributed by atoms with Crippen LogP contribution in [0.1, 0.15) is 36.1 Å². The van der Waals surface area contributed by atoms with E-state index in [1.165, 1.54) is 4.88 Å². The van der Waals surface area contributed by atoms with Crippen molar-refractivity contribution < 1.29 is 9.90 Å². The molecule has 0 bridgehead atoms. The molecule has 0 spiro atoms. The van der Waals surface area contributed by atoms with Crippen LogP contribution in [0.25, 0.3) is 0 Å². The van der Waals surface area contributed by atoms with Gasteiger partial charge in [0.05, 0.1) is 5.01 Å². The SMILES string of the molecule is CCC1(CO)CCN(C(=O)NCCc2ncc(C)s2)CC1. The molecule has 0 aromatic carbocycles. The van der Waals surface area contributed by atoms with Gasteiger partial charge in [0, 0.05) is 43.7 Å². The van der Waals surface area contributed by atoms with Crippen LogP contribution < -0.4 is 5.32 Å². The molecule has 2 rings (SSSR count). The Hall–Kier alpha value is -1.14. The van der Waals surface area contributed by atoms with Crippen LogP contribution in [0.2, 0.25) is 0 Å². The summed E-state index contributed by atoms with van der Waals surface area (Å²) in [6, 6.07) is 0.00548. The Morgan fingerprint density at radius 3 is 2.76 bits per heavy atom. The first-order chi connectivity index (χ1) is 10.1. The molecule has 0 unspecified atom stereocenters. The van der Waals surface area contributed by atoms with Gasteiger partial charge in [0.25, 0.3) is 0 Å². The van der Waals surface area contributed by atoms with Crippen molar-refractivity contribution in [1.82, 2.24) is 15.2 Å². The number of rotatable bonds is 5. The van der Waals surface area contributed by atoms with Gasteiger partial charge in [-0.2, -0.15) is 0 Å². The van der Waals surface area contributed by atoms with Gasteiger partial charge < -0.3 is 15.3 Å². The van der Waals surface area contributed by atoms with E-state index >= 15 is 0 Å². The summed E-state index contributed by atoms with van der Waals surface area (Å²) in [6.07, 6.45) is 5.40. The quantitative estimate of drug-likeness (QED) is 0.876. The van der Waals surface area contributed by atoms with E-state index in [0.29, 0.717) is 6.54 Å². The van der Waals surface area contributed by atoms with Crippen LogP contribution in [0.4, 0.5) is 4.79 Å². The van der Waals surface area contributed by atoms with Crippen molar-refractivity contribution in [3.63, 3.8) is 0 Å². The van der Waals surface area contributed by atoms with E-state index in [0.717, 1.165) is 43.8 Å². The number of carbonyl (C=O) groups excluding carboxylic acids is 1. The van der Waals surface area contributed by atoms with E-state index in [-0.39, 0.29) is 18.1 Å². The van der Waals surface area contributed by atoms with Crippen LogP contribution in [0.3, 0.4) is 0 Å². The highest BCUT2D eigenvalue weighted by atomic mass is 32.1. The Labute approximate surface area is 130 Å². The number of nitrogens with one attached hydrogen (secondary N) is 1. The molecule has 2 amide bonds. The van der Waals surface area contributed by atoms with Gasteiger partial charge in [-0.25, -0.2) is 9.78 Å². The molecular formula is C15H25N3O2S. The molecule has 0 atom stereocenters. The fourth-order valence-corrected chi connectivity index (χ4v) is 3.50. The van der Waals surface area contributed by atoms with Crippen LogP contribution in [0, 0.1) is 12.3 Å². The van der Waals surface area contributed by atoms with Gasteiger partial charge in [-0.1, -0.05) is 6.92 Å². The average Bonchev–Trinajstić information content (AvgIpc) is 2.92. The summed E-state index contributed by atoms with van der Waals surface area (Å²) in [6.45, 7) is 6.47. The number of amides is 2. The van der Waals surface area contributed by atoms with Gasteiger partial charge in [0.15, 0.2) is 0 Å². The lowest BCUT2D eigenvalue weighted by Gasteiger charge is -2.40. The molecule has 1 fully saturated rings. The van der Waals surface area contributed by atoms with Crippen LogP contribution in [-0.2, 0) is 6.42 Å². The second-order valence-corrected chi connectivity index (χ2v) is 7.16. The maximum absolute atomic E-state index is 12.1. The van der Waals surface area contributed by atoms with Gasteiger partial charge >= 0.3 is 6.03 Å². The highest BCUT2D eigenvalue weighted by Crippen LogP contribution is 2.34. The summed E-state index contributed by atoms with van der Waals surface area (Å²) in [7, 11) is 0. The third kappa shape index (κ3) is 4.17. The van der Waals surface area contributed by atoms with Crippen LogP contribution in [0.5, 0.6) is 0 Å². The van der Waals surface area contributed by atoms with Gasteiger partial charge in [0.1, 0.15) is 0 Å². The Balaban J connectivity index is 1.72. The summed E-state index contributed by atoms with van der Waals surface area (Å²) in [5, 5.41) is 13.5. The van der Waals surface area contributed by atoms with Crippen molar-refractivity contribution in [1.29, 1.82) is 0 Å². The zero-order valence-corrected chi connectivity index (χ0v) is 13.7. The first-order valence-electron chi connectivity index (χ1n) is 7.63. The predicted octanol–water partition coefficient (Wildman–Crippen LogP) is 2.19. The first kappa shape index (κ1) is 16.2. The molecule has 1 saturated heterocycles. The number of likely N-dealkylation sites (tertiary alicyclic amines) is 1. The van der Waals surface area contributed by atoms with Crippen molar-refractivity contribution in [2.45, 2.75) is 39.5 Å². The minimum Gasteiger partial charge on any atom is -0.396 e. The fraction of sp³-hybridized carbons (Fsp3) is 0.733. The zero-order valence-electron chi connectivity index (χ0n) is 12.9. The fourth-order valence-electron chi connectivity index (χ4n) is 2.71. The molecule has 21 heavy (non-hydrogen) atoms. The predicted molar refractivity (Wildman–Crippen MR) is 84.6 cm³/mol. The topological polar surface area (TPSA) is 65.5 Å². The van der Waals surface area contributed by atoms with Crippen molar-refractivity contribution in [2.75, 3.05) is 26.2 Å². The highest BCUT2D eigenvalue weighted by Gasteiger charge is 2.33. The standard InChI is InChI=1S/C15H25N3O2S/c1-3-15(11-19)5-8-18(9-6-15)14(20)16-7-4-13-17-10-12(2)21-13/h10,19H,3-9,11H2,1-2H3,(H,16,20). The first-order valence-corrected chi connectivity index (χ1v) is 8.45. The number of aryl methyl sites for hydroxylation is 1. The molecule has 0 aliphatic carbocycles. The minimum atomic E-state index is 0.00548. The summed E-state index contributed by atoms with van der Waals surface area (Å²) >= 11 is 1.68. The number of aromatic nitrogens is 1. The van der Waals surface area contributed by atoms with E-state index in [1.807, 2.05) is 18.0 Å². The molecule has 1 aliphatic rings. The van der Waals surface area contributed by atoms with E-state index in [4.69, 9.17) is 0 Å². The number of hydrogen-bond acceptors (Lipinski definition) is 4. The van der Waals surface area contributed by atoms with Gasteiger partial charge in [-0.15, -0.1) is 11.3 Å². The number of piperidine rings is 1. The molecular weight excluding hydrogens is 286 g/mol. The maximum Gasteiger partial charge on any atom is 0.317 e. The van der Waals surface area contributed by atoms with Crippen molar-refractivity contribution in [3.8, 4) is 0 Å². The second-order valence-electron chi connectivity index (χ2n) is 5.85. The molecule has 2 N–H and O–H groups in total. The van der Waals surface area contributed by atoms with E-state index < -0.39 is 0 Å². The number of aliphatic hydroxyl groups excluding tert-OH is 1. The van der Waals surface area contributed by atoms with E-state index in [1.54, 1.807) is 11.3 Å². The molecule has 0 radical (unpaired) electrons. The summed E-state index contributed by atoms with van der Waals surface area (Å²) in [5.41, 5.74) is 0.0230. The van der Waals surface area contributed by atoms with E-state index in [9.17, 15) is 9.90 Å². The third-order valence-electron chi connectivity index (χ3n) is 4.48. The number of carbonyl (C=O) groups is 1. The number of urea groups is 1. The minimum absolute atomic E-state index is 0.00548. The summed E-state index contributed by atoms with van der Waals surface area (Å²) < 4.78 is 0. The Morgan fingerprint density at radius 1 is 1.52 bits per heavy atom.